The van der Waals surface area contributed by atoms with E-state index in [9.17, 15) is 19.7 Å². The predicted octanol–water partition coefficient (Wildman–Crippen LogP) is 2.55. The number of benzene rings is 2. The number of hydrogen-bond donors (Lipinski definition) is 1. The Kier molecular flexibility index (Phi) is 5.66. The van der Waals surface area contributed by atoms with Gasteiger partial charge in [0.15, 0.2) is 5.58 Å². The van der Waals surface area contributed by atoms with Crippen molar-refractivity contribution in [2.24, 2.45) is 0 Å². The molecule has 0 radical (unpaired) electrons. The van der Waals surface area contributed by atoms with Gasteiger partial charge in [-0.1, -0.05) is 11.6 Å². The Bertz CT molecular complexity index is 1210. The zero-order valence-electron chi connectivity index (χ0n) is 16.7. The van der Waals surface area contributed by atoms with Crippen molar-refractivity contribution >= 4 is 45.7 Å². The summed E-state index contributed by atoms with van der Waals surface area (Å²) in [5.41, 5.74) is 1.56. The smallest absolute Gasteiger partial charge is 0.407 e. The lowest BCUT2D eigenvalue weighted by molar-refractivity contribution is -0.384. The molecule has 1 aliphatic rings. The first-order valence-corrected chi connectivity index (χ1v) is 10.0. The molecule has 0 aliphatic carbocycles. The molecule has 3 aromatic rings. The van der Waals surface area contributed by atoms with Gasteiger partial charge in [0.25, 0.3) is 5.69 Å². The van der Waals surface area contributed by atoms with Gasteiger partial charge in [-0.25, -0.2) is 4.79 Å². The number of nitro groups is 1. The van der Waals surface area contributed by atoms with Crippen LogP contribution in [0, 0.1) is 10.1 Å². The van der Waals surface area contributed by atoms with E-state index in [1.165, 1.54) is 12.1 Å². The number of piperazine rings is 1. The first-order chi connectivity index (χ1) is 14.8. The fourth-order valence-electron chi connectivity index (χ4n) is 3.58. The molecule has 31 heavy (non-hydrogen) atoms. The molecule has 10 nitrogen and oxygen atoms in total. The fraction of sp³-hybridized carbons (Fsp3) is 0.300. The van der Waals surface area contributed by atoms with E-state index in [1.807, 2.05) is 6.07 Å². The zero-order chi connectivity index (χ0) is 22.1. The highest BCUT2D eigenvalue weighted by Crippen LogP contribution is 2.30. The number of fused-ring (bicyclic) bond motifs is 1. The van der Waals surface area contributed by atoms with Crippen LogP contribution in [0.2, 0.25) is 5.02 Å². The number of amides is 1. The summed E-state index contributed by atoms with van der Waals surface area (Å²) in [5, 5.41) is 14.2. The van der Waals surface area contributed by atoms with Gasteiger partial charge in [-0.05, 0) is 31.3 Å². The van der Waals surface area contributed by atoms with E-state index in [0.717, 1.165) is 42.5 Å². The molecule has 2 aromatic carbocycles. The molecule has 0 saturated carbocycles. The molecule has 1 fully saturated rings. The third kappa shape index (κ3) is 4.39. The van der Waals surface area contributed by atoms with E-state index < -0.39 is 16.6 Å². The third-order valence-corrected chi connectivity index (χ3v) is 5.48. The maximum Gasteiger partial charge on any atom is 0.420 e. The van der Waals surface area contributed by atoms with Crippen LogP contribution in [-0.4, -0.2) is 53.5 Å². The fourth-order valence-corrected chi connectivity index (χ4v) is 3.76. The Morgan fingerprint density at radius 1 is 1.19 bits per heavy atom. The molecule has 1 aromatic heterocycles. The number of anilines is 2. The Balaban J connectivity index is 1.57. The largest absolute Gasteiger partial charge is 0.420 e. The predicted molar refractivity (Wildman–Crippen MR) is 117 cm³/mol. The topological polar surface area (TPSA) is 114 Å². The van der Waals surface area contributed by atoms with Crippen LogP contribution in [0.15, 0.2) is 45.6 Å². The minimum atomic E-state index is -0.768. The minimum absolute atomic E-state index is 0.0490. The van der Waals surface area contributed by atoms with Crippen molar-refractivity contribution in [2.75, 3.05) is 43.4 Å². The average molecular weight is 446 g/mol. The molecule has 0 atom stereocenters. The lowest BCUT2D eigenvalue weighted by atomic mass is 10.2. The number of carbonyl (C=O) groups excluding carboxylic acids is 1. The van der Waals surface area contributed by atoms with Crippen LogP contribution in [0.3, 0.4) is 0 Å². The monoisotopic (exact) mass is 445 g/mol. The normalized spacial score (nSPS) is 14.7. The van der Waals surface area contributed by atoms with Crippen molar-refractivity contribution in [1.82, 2.24) is 9.47 Å². The Hall–Kier alpha value is -3.37. The summed E-state index contributed by atoms with van der Waals surface area (Å²) in [6, 6.07) is 9.11. The molecular formula is C20H20ClN5O5. The second-order valence-corrected chi connectivity index (χ2v) is 7.80. The van der Waals surface area contributed by atoms with Crippen molar-refractivity contribution in [2.45, 2.75) is 6.54 Å². The van der Waals surface area contributed by atoms with Crippen LogP contribution >= 0.6 is 11.6 Å². The number of hydrogen-bond acceptors (Lipinski definition) is 7. The minimum Gasteiger partial charge on any atom is -0.407 e. The highest BCUT2D eigenvalue weighted by atomic mass is 35.5. The molecule has 1 amide bonds. The number of aromatic nitrogens is 1. The maximum atomic E-state index is 12.8. The first kappa shape index (κ1) is 20.9. The lowest BCUT2D eigenvalue weighted by Gasteiger charge is -2.35. The van der Waals surface area contributed by atoms with Crippen LogP contribution in [0.5, 0.6) is 0 Å². The van der Waals surface area contributed by atoms with E-state index in [-0.39, 0.29) is 17.8 Å². The molecule has 1 N–H and O–H groups in total. The number of nitrogens with zero attached hydrogens (tertiary/aromatic N) is 4. The van der Waals surface area contributed by atoms with Gasteiger partial charge in [-0.3, -0.25) is 19.5 Å². The number of carbonyl (C=O) groups is 1. The first-order valence-electron chi connectivity index (χ1n) is 9.62. The Morgan fingerprint density at radius 3 is 2.65 bits per heavy atom. The van der Waals surface area contributed by atoms with Crippen LogP contribution < -0.4 is 16.0 Å². The third-order valence-electron chi connectivity index (χ3n) is 5.24. The van der Waals surface area contributed by atoms with Crippen molar-refractivity contribution in [3.63, 3.8) is 0 Å². The van der Waals surface area contributed by atoms with Crippen LogP contribution in [-0.2, 0) is 11.3 Å². The molecule has 0 spiro atoms. The van der Waals surface area contributed by atoms with Gasteiger partial charge in [0.05, 0.1) is 27.9 Å². The number of halogens is 1. The van der Waals surface area contributed by atoms with E-state index in [1.54, 1.807) is 12.1 Å². The quantitative estimate of drug-likeness (QED) is 0.474. The number of likely N-dealkylation sites (N-methyl/N-ethyl adjacent to an activating group) is 1. The van der Waals surface area contributed by atoms with Gasteiger partial charge >= 0.3 is 5.76 Å². The second-order valence-electron chi connectivity index (χ2n) is 7.36. The summed E-state index contributed by atoms with van der Waals surface area (Å²) in [6.07, 6.45) is 0. The average Bonchev–Trinajstić information content (AvgIpc) is 3.03. The number of rotatable bonds is 5. The molecule has 4 rings (SSSR count). The van der Waals surface area contributed by atoms with Crippen LogP contribution in [0.25, 0.3) is 11.1 Å². The van der Waals surface area contributed by atoms with Crippen molar-refractivity contribution in [3.05, 3.63) is 62.1 Å². The van der Waals surface area contributed by atoms with Crippen molar-refractivity contribution in [3.8, 4) is 0 Å². The molecule has 0 bridgehead atoms. The highest BCUT2D eigenvalue weighted by molar-refractivity contribution is 6.31. The van der Waals surface area contributed by atoms with Crippen LogP contribution in [0.1, 0.15) is 0 Å². The van der Waals surface area contributed by atoms with Crippen molar-refractivity contribution < 1.29 is 14.1 Å². The molecular weight excluding hydrogens is 426 g/mol. The van der Waals surface area contributed by atoms with Gasteiger partial charge in [-0.2, -0.15) is 0 Å². The van der Waals surface area contributed by atoms with Crippen LogP contribution in [0.4, 0.5) is 17.1 Å². The summed E-state index contributed by atoms with van der Waals surface area (Å²) < 4.78 is 6.21. The maximum absolute atomic E-state index is 12.8. The van der Waals surface area contributed by atoms with Gasteiger partial charge in [0.2, 0.25) is 5.91 Å². The Labute approximate surface area is 181 Å². The second kappa shape index (κ2) is 8.40. The standard InChI is InChI=1S/C20H20ClN5O5/c1-23-6-8-24(9-7-23)16-4-2-13(21)10-15(16)22-19(27)12-25-17-5-3-14(26(29)30)11-18(17)31-20(25)28/h2-5,10-11H,6-9,12H2,1H3,(H,22,27). The van der Waals surface area contributed by atoms with Gasteiger partial charge in [-0.15, -0.1) is 0 Å². The van der Waals surface area contributed by atoms with Crippen molar-refractivity contribution in [1.29, 1.82) is 0 Å². The summed E-state index contributed by atoms with van der Waals surface area (Å²) >= 11 is 6.15. The molecule has 2 heterocycles. The van der Waals surface area contributed by atoms with E-state index in [4.69, 9.17) is 16.0 Å². The van der Waals surface area contributed by atoms with E-state index in [0.29, 0.717) is 16.2 Å². The summed E-state index contributed by atoms with van der Waals surface area (Å²) in [5.74, 6) is -1.21. The van der Waals surface area contributed by atoms with Gasteiger partial charge in [0.1, 0.15) is 6.54 Å². The summed E-state index contributed by atoms with van der Waals surface area (Å²) in [6.45, 7) is 3.12. The molecule has 0 unspecified atom stereocenters. The van der Waals surface area contributed by atoms with Gasteiger partial charge < -0.3 is 19.5 Å². The number of nitrogens with one attached hydrogen (secondary N) is 1. The Morgan fingerprint density at radius 2 is 1.94 bits per heavy atom. The zero-order valence-corrected chi connectivity index (χ0v) is 17.5. The summed E-state index contributed by atoms with van der Waals surface area (Å²) in [7, 11) is 2.06. The number of oxazole rings is 1. The molecule has 1 aliphatic heterocycles. The molecule has 1 saturated heterocycles. The lowest BCUT2D eigenvalue weighted by Crippen LogP contribution is -2.44. The number of nitro benzene ring substituents is 1. The SMILES string of the molecule is CN1CCN(c2ccc(Cl)cc2NC(=O)Cn2c(=O)oc3cc([N+](=O)[O-])ccc32)CC1. The summed E-state index contributed by atoms with van der Waals surface area (Å²) in [4.78, 5) is 39.7. The molecule has 162 valence electrons. The van der Waals surface area contributed by atoms with E-state index in [2.05, 4.69) is 22.2 Å². The van der Waals surface area contributed by atoms with Gasteiger partial charge in [0, 0.05) is 37.3 Å². The highest BCUT2D eigenvalue weighted by Gasteiger charge is 2.20. The molecule has 11 heteroatoms. The van der Waals surface area contributed by atoms with E-state index >= 15 is 0 Å². The number of non-ortho nitro benzene ring substituents is 1.